The molecule has 3 aromatic rings. The third kappa shape index (κ3) is 5.69. The van der Waals surface area contributed by atoms with Crippen LogP contribution in [0.2, 0.25) is 5.02 Å². The highest BCUT2D eigenvalue weighted by atomic mass is 35.5. The lowest BCUT2D eigenvalue weighted by atomic mass is 9.97. The molecule has 0 saturated carbocycles. The van der Waals surface area contributed by atoms with E-state index < -0.39 is 22.1 Å². The Morgan fingerprint density at radius 2 is 1.50 bits per heavy atom. The number of nitrogens with one attached hydrogen (secondary N) is 1. The van der Waals surface area contributed by atoms with Gasteiger partial charge in [-0.1, -0.05) is 78.7 Å². The van der Waals surface area contributed by atoms with E-state index in [1.54, 1.807) is 31.2 Å². The summed E-state index contributed by atoms with van der Waals surface area (Å²) in [6.45, 7) is 3.80. The molecule has 5 nitrogen and oxygen atoms in total. The second kappa shape index (κ2) is 10.2. The van der Waals surface area contributed by atoms with Gasteiger partial charge in [0, 0.05) is 5.02 Å². The summed E-state index contributed by atoms with van der Waals surface area (Å²) in [7, 11) is -3.73. The van der Waals surface area contributed by atoms with Crippen LogP contribution in [0.5, 0.6) is 0 Å². The molecule has 0 spiro atoms. The molecule has 0 fully saturated rings. The van der Waals surface area contributed by atoms with Crippen molar-refractivity contribution in [3.8, 4) is 0 Å². The van der Waals surface area contributed by atoms with E-state index in [4.69, 9.17) is 11.6 Å². The number of hydrogen-bond acceptors (Lipinski definition) is 3. The maximum atomic E-state index is 13.5. The van der Waals surface area contributed by atoms with Crippen molar-refractivity contribution in [2.45, 2.75) is 32.4 Å². The summed E-state index contributed by atoms with van der Waals surface area (Å²) in [5, 5.41) is 3.57. The Morgan fingerprint density at radius 3 is 2.03 bits per heavy atom. The largest absolute Gasteiger partial charge is 0.343 e. The highest BCUT2D eigenvalue weighted by molar-refractivity contribution is 7.92. The molecule has 0 radical (unpaired) electrons. The van der Waals surface area contributed by atoms with Gasteiger partial charge in [-0.25, -0.2) is 8.42 Å². The minimum Gasteiger partial charge on any atom is -0.343 e. The lowest BCUT2D eigenvalue weighted by Crippen LogP contribution is -2.50. The van der Waals surface area contributed by atoms with Crippen LogP contribution in [-0.2, 0) is 14.8 Å². The van der Waals surface area contributed by atoms with Gasteiger partial charge >= 0.3 is 0 Å². The van der Waals surface area contributed by atoms with E-state index >= 15 is 0 Å². The van der Waals surface area contributed by atoms with E-state index in [1.807, 2.05) is 61.5 Å². The van der Waals surface area contributed by atoms with Crippen LogP contribution in [0.1, 0.15) is 36.1 Å². The van der Waals surface area contributed by atoms with Gasteiger partial charge in [-0.05, 0) is 48.7 Å². The molecule has 0 aliphatic heterocycles. The number of carbonyl (C=O) groups is 1. The molecule has 0 aliphatic carbocycles. The molecular weight excluding hydrogens is 444 g/mol. The van der Waals surface area contributed by atoms with Gasteiger partial charge in [0.2, 0.25) is 15.9 Å². The molecule has 0 unspecified atom stereocenters. The molecule has 7 heteroatoms. The van der Waals surface area contributed by atoms with Crippen LogP contribution in [0.25, 0.3) is 0 Å². The number of aryl methyl sites for hydroxylation is 1. The Balaban J connectivity index is 1.98. The molecular formula is C25H27ClN2O3S. The average Bonchev–Trinajstić information content (AvgIpc) is 2.77. The summed E-state index contributed by atoms with van der Waals surface area (Å²) in [6, 6.07) is 22.7. The number of nitrogens with zero attached hydrogens (tertiary/aromatic N) is 1. The zero-order valence-corrected chi connectivity index (χ0v) is 19.9. The molecule has 3 rings (SSSR count). The minimum absolute atomic E-state index is 0.303. The number of amides is 1. The second-order valence-electron chi connectivity index (χ2n) is 7.72. The summed E-state index contributed by atoms with van der Waals surface area (Å²) >= 11 is 5.97. The lowest BCUT2D eigenvalue weighted by Gasteiger charge is -2.31. The molecule has 3 aromatic carbocycles. The third-order valence-corrected chi connectivity index (χ3v) is 6.67. The van der Waals surface area contributed by atoms with E-state index in [0.29, 0.717) is 17.1 Å². The number of halogens is 1. The van der Waals surface area contributed by atoms with Crippen molar-refractivity contribution in [2.24, 2.45) is 0 Å². The Kier molecular flexibility index (Phi) is 7.59. The summed E-state index contributed by atoms with van der Waals surface area (Å²) < 4.78 is 26.6. The quantitative estimate of drug-likeness (QED) is 0.498. The molecule has 0 bridgehead atoms. The van der Waals surface area contributed by atoms with Gasteiger partial charge in [-0.2, -0.15) is 0 Å². The number of benzene rings is 3. The van der Waals surface area contributed by atoms with E-state index in [0.717, 1.165) is 27.3 Å². The summed E-state index contributed by atoms with van der Waals surface area (Å²) in [5.41, 5.74) is 3.34. The SMILES string of the molecule is CC[C@@H](C(=O)N[C@@H](c1ccccc1)c1ccc(C)cc1)N(c1ccc(Cl)cc1)S(C)(=O)=O. The predicted molar refractivity (Wildman–Crippen MR) is 130 cm³/mol. The topological polar surface area (TPSA) is 66.5 Å². The van der Waals surface area contributed by atoms with E-state index in [1.165, 1.54) is 0 Å². The smallest absolute Gasteiger partial charge is 0.244 e. The number of anilines is 1. The highest BCUT2D eigenvalue weighted by Gasteiger charge is 2.33. The van der Waals surface area contributed by atoms with Gasteiger partial charge in [0.1, 0.15) is 6.04 Å². The normalized spacial score (nSPS) is 13.2. The molecule has 32 heavy (non-hydrogen) atoms. The first-order chi connectivity index (χ1) is 15.2. The Hall–Kier alpha value is -2.83. The minimum atomic E-state index is -3.73. The summed E-state index contributed by atoms with van der Waals surface area (Å²) in [6.07, 6.45) is 1.41. The molecule has 0 aliphatic rings. The maximum absolute atomic E-state index is 13.5. The lowest BCUT2D eigenvalue weighted by molar-refractivity contribution is -0.122. The fourth-order valence-electron chi connectivity index (χ4n) is 3.65. The van der Waals surface area contributed by atoms with E-state index in [9.17, 15) is 13.2 Å². The van der Waals surface area contributed by atoms with Crippen LogP contribution in [0, 0.1) is 6.92 Å². The van der Waals surface area contributed by atoms with Gasteiger partial charge in [-0.3, -0.25) is 9.10 Å². The Bertz CT molecular complexity index is 1150. The number of sulfonamides is 1. The van der Waals surface area contributed by atoms with Gasteiger partial charge in [0.05, 0.1) is 18.0 Å². The number of carbonyl (C=O) groups excluding carboxylic acids is 1. The van der Waals surface area contributed by atoms with Crippen LogP contribution in [0.15, 0.2) is 78.9 Å². The first-order valence-electron chi connectivity index (χ1n) is 10.4. The van der Waals surface area contributed by atoms with Crippen molar-refractivity contribution in [3.63, 3.8) is 0 Å². The van der Waals surface area contributed by atoms with Crippen molar-refractivity contribution in [3.05, 3.63) is 101 Å². The monoisotopic (exact) mass is 470 g/mol. The van der Waals surface area contributed by atoms with Crippen LogP contribution in [0.4, 0.5) is 5.69 Å². The third-order valence-electron chi connectivity index (χ3n) is 5.24. The number of hydrogen-bond donors (Lipinski definition) is 1. The Labute approximate surface area is 195 Å². The van der Waals surface area contributed by atoms with Gasteiger partial charge in [-0.15, -0.1) is 0 Å². The highest BCUT2D eigenvalue weighted by Crippen LogP contribution is 2.27. The first-order valence-corrected chi connectivity index (χ1v) is 12.6. The summed E-state index contributed by atoms with van der Waals surface area (Å²) in [4.78, 5) is 13.5. The molecule has 1 N–H and O–H groups in total. The van der Waals surface area contributed by atoms with Crippen LogP contribution < -0.4 is 9.62 Å². The van der Waals surface area contributed by atoms with Crippen LogP contribution in [0.3, 0.4) is 0 Å². The molecule has 2 atom stereocenters. The van der Waals surface area contributed by atoms with Crippen molar-refractivity contribution >= 4 is 33.2 Å². The van der Waals surface area contributed by atoms with Crippen molar-refractivity contribution in [1.82, 2.24) is 5.32 Å². The first kappa shape index (κ1) is 23.8. The molecule has 0 aromatic heterocycles. The fourth-order valence-corrected chi connectivity index (χ4v) is 4.99. The predicted octanol–water partition coefficient (Wildman–Crippen LogP) is 5.10. The molecule has 0 saturated heterocycles. The zero-order chi connectivity index (χ0) is 23.3. The van der Waals surface area contributed by atoms with Crippen molar-refractivity contribution in [1.29, 1.82) is 0 Å². The molecule has 1 amide bonds. The van der Waals surface area contributed by atoms with Crippen LogP contribution >= 0.6 is 11.6 Å². The average molecular weight is 471 g/mol. The van der Waals surface area contributed by atoms with Gasteiger partial charge in [0.15, 0.2) is 0 Å². The van der Waals surface area contributed by atoms with Gasteiger partial charge < -0.3 is 5.32 Å². The Morgan fingerprint density at radius 1 is 0.938 bits per heavy atom. The van der Waals surface area contributed by atoms with E-state index in [2.05, 4.69) is 5.32 Å². The second-order valence-corrected chi connectivity index (χ2v) is 10.0. The van der Waals surface area contributed by atoms with Crippen molar-refractivity contribution < 1.29 is 13.2 Å². The maximum Gasteiger partial charge on any atom is 0.244 e. The van der Waals surface area contributed by atoms with Gasteiger partial charge in [0.25, 0.3) is 0 Å². The van der Waals surface area contributed by atoms with E-state index in [-0.39, 0.29) is 5.91 Å². The zero-order valence-electron chi connectivity index (χ0n) is 18.3. The molecule has 0 heterocycles. The number of rotatable bonds is 8. The van der Waals surface area contributed by atoms with Crippen molar-refractivity contribution in [2.75, 3.05) is 10.6 Å². The van der Waals surface area contributed by atoms with Crippen LogP contribution in [-0.4, -0.2) is 26.6 Å². The molecule has 168 valence electrons. The standard InChI is InChI=1S/C25H27ClN2O3S/c1-4-23(28(32(3,30)31)22-16-14-21(26)15-17-22)25(29)27-24(19-8-6-5-7-9-19)20-12-10-18(2)11-13-20/h5-17,23-24H,4H2,1-3H3,(H,27,29)/t23-,24-/m0/s1. The fraction of sp³-hybridized carbons (Fsp3) is 0.240. The summed E-state index contributed by atoms with van der Waals surface area (Å²) in [5.74, 6) is -0.373.